The zero-order valence-electron chi connectivity index (χ0n) is 19.4. The first kappa shape index (κ1) is 23.7. The number of likely N-dealkylation sites (tertiary alicyclic amines) is 1. The van der Waals surface area contributed by atoms with E-state index in [1.54, 1.807) is 23.9 Å². The third-order valence-corrected chi connectivity index (χ3v) is 8.21. The van der Waals surface area contributed by atoms with E-state index in [1.807, 2.05) is 7.05 Å². The third-order valence-electron chi connectivity index (χ3n) is 7.11. The molecule has 3 fully saturated rings. The number of ether oxygens (including phenoxy) is 1. The maximum Gasteiger partial charge on any atom is 0.416 e. The van der Waals surface area contributed by atoms with Gasteiger partial charge in [0, 0.05) is 57.3 Å². The molecule has 0 aliphatic carbocycles. The van der Waals surface area contributed by atoms with Crippen LogP contribution in [0.4, 0.5) is 24.8 Å². The molecule has 186 valence electrons. The molecule has 1 aromatic carbocycles. The highest BCUT2D eigenvalue weighted by Gasteiger charge is 2.41. The molecule has 0 spiro atoms. The molecular formula is C23H31F3N6OS. The largest absolute Gasteiger partial charge is 0.416 e. The number of alkyl halides is 3. The molecule has 2 aromatic rings. The van der Waals surface area contributed by atoms with Crippen LogP contribution in [0.25, 0.3) is 0 Å². The van der Waals surface area contributed by atoms with E-state index < -0.39 is 11.7 Å². The van der Waals surface area contributed by atoms with Gasteiger partial charge in [0.05, 0.1) is 18.8 Å². The molecule has 1 aromatic heterocycles. The smallest absolute Gasteiger partial charge is 0.378 e. The maximum absolute atomic E-state index is 12.9. The van der Waals surface area contributed by atoms with Gasteiger partial charge in [-0.05, 0) is 49.6 Å². The zero-order valence-corrected chi connectivity index (χ0v) is 20.2. The standard InChI is InChI=1S/C23H31F3N6OS/c1-29-21(31-10-12-33-13-11-31)27-28-22(29)34-14-2-8-30-15-17-7-9-32(20(17)16-30)19-5-3-18(4-6-19)23(24,25)26/h3-6,17,20H,2,7-16H2,1H3/t17-,20+/m1/s1. The molecule has 3 aliphatic heterocycles. The first-order valence-corrected chi connectivity index (χ1v) is 12.9. The van der Waals surface area contributed by atoms with Crippen molar-refractivity contribution in [3.63, 3.8) is 0 Å². The fourth-order valence-corrected chi connectivity index (χ4v) is 6.15. The van der Waals surface area contributed by atoms with Crippen LogP contribution in [-0.2, 0) is 18.0 Å². The maximum atomic E-state index is 12.9. The Morgan fingerprint density at radius 3 is 2.56 bits per heavy atom. The Morgan fingerprint density at radius 2 is 1.82 bits per heavy atom. The SMILES string of the molecule is Cn1c(SCCCN2C[C@H]3CCN(c4ccc(C(F)(F)F)cc4)[C@H]3C2)nnc1N1CCOCC1. The molecule has 5 rings (SSSR count). The molecule has 0 unspecified atom stereocenters. The van der Waals surface area contributed by atoms with Crippen molar-refractivity contribution in [2.45, 2.75) is 30.2 Å². The summed E-state index contributed by atoms with van der Waals surface area (Å²) in [5, 5.41) is 9.69. The van der Waals surface area contributed by atoms with Gasteiger partial charge in [-0.25, -0.2) is 0 Å². The van der Waals surface area contributed by atoms with Crippen LogP contribution >= 0.6 is 11.8 Å². The average Bonchev–Trinajstić information content (AvgIpc) is 3.51. The lowest BCUT2D eigenvalue weighted by Crippen LogP contribution is -2.37. The fraction of sp³-hybridized carbons (Fsp3) is 0.652. The summed E-state index contributed by atoms with van der Waals surface area (Å²) in [5.74, 6) is 2.47. The van der Waals surface area contributed by atoms with Gasteiger partial charge >= 0.3 is 6.18 Å². The van der Waals surface area contributed by atoms with E-state index in [9.17, 15) is 13.2 Å². The second-order valence-corrected chi connectivity index (χ2v) is 10.3. The van der Waals surface area contributed by atoms with E-state index in [-0.39, 0.29) is 0 Å². The van der Waals surface area contributed by atoms with Crippen LogP contribution in [0.3, 0.4) is 0 Å². The molecule has 34 heavy (non-hydrogen) atoms. The molecule has 3 saturated heterocycles. The summed E-state index contributed by atoms with van der Waals surface area (Å²) in [6, 6.07) is 6.03. The summed E-state index contributed by atoms with van der Waals surface area (Å²) in [4.78, 5) is 7.01. The Labute approximate surface area is 202 Å². The van der Waals surface area contributed by atoms with E-state index in [4.69, 9.17) is 4.74 Å². The van der Waals surface area contributed by atoms with Gasteiger partial charge in [0.25, 0.3) is 0 Å². The van der Waals surface area contributed by atoms with Crippen LogP contribution in [0.5, 0.6) is 0 Å². The van der Waals surface area contributed by atoms with Crippen molar-refractivity contribution in [3.8, 4) is 0 Å². The number of morpholine rings is 1. The van der Waals surface area contributed by atoms with Crippen molar-refractivity contribution in [2.24, 2.45) is 13.0 Å². The van der Waals surface area contributed by atoms with Crippen molar-refractivity contribution >= 4 is 23.4 Å². The number of rotatable bonds is 7. The van der Waals surface area contributed by atoms with Gasteiger partial charge in [0.2, 0.25) is 5.95 Å². The number of aromatic nitrogens is 3. The third kappa shape index (κ3) is 5.01. The summed E-state index contributed by atoms with van der Waals surface area (Å²) in [6.07, 6.45) is -2.13. The Morgan fingerprint density at radius 1 is 1.06 bits per heavy atom. The van der Waals surface area contributed by atoms with E-state index in [0.717, 1.165) is 87.9 Å². The summed E-state index contributed by atoms with van der Waals surface area (Å²) in [5.41, 5.74) is 0.314. The minimum absolute atomic E-state index is 0.388. The summed E-state index contributed by atoms with van der Waals surface area (Å²) in [7, 11) is 2.02. The minimum Gasteiger partial charge on any atom is -0.378 e. The molecule has 0 amide bonds. The lowest BCUT2D eigenvalue weighted by molar-refractivity contribution is -0.137. The Bertz CT molecular complexity index is 963. The van der Waals surface area contributed by atoms with E-state index >= 15 is 0 Å². The monoisotopic (exact) mass is 496 g/mol. The molecule has 11 heteroatoms. The average molecular weight is 497 g/mol. The molecule has 0 bridgehead atoms. The second kappa shape index (κ2) is 9.94. The predicted octanol–water partition coefficient (Wildman–Crippen LogP) is 3.36. The quantitative estimate of drug-likeness (QED) is 0.430. The molecular weight excluding hydrogens is 465 g/mol. The number of hydrogen-bond acceptors (Lipinski definition) is 7. The lowest BCUT2D eigenvalue weighted by Gasteiger charge is -2.27. The van der Waals surface area contributed by atoms with Crippen molar-refractivity contribution in [2.75, 3.05) is 68.0 Å². The molecule has 4 heterocycles. The molecule has 2 atom stereocenters. The lowest BCUT2D eigenvalue weighted by atomic mass is 10.0. The fourth-order valence-electron chi connectivity index (χ4n) is 5.32. The van der Waals surface area contributed by atoms with Crippen LogP contribution in [-0.4, -0.2) is 83.9 Å². The number of benzene rings is 1. The highest BCUT2D eigenvalue weighted by molar-refractivity contribution is 7.99. The van der Waals surface area contributed by atoms with Gasteiger partial charge in [0.1, 0.15) is 0 Å². The van der Waals surface area contributed by atoms with Crippen LogP contribution in [0, 0.1) is 5.92 Å². The normalized spacial score (nSPS) is 23.6. The molecule has 7 nitrogen and oxygen atoms in total. The van der Waals surface area contributed by atoms with Crippen molar-refractivity contribution in [1.82, 2.24) is 19.7 Å². The number of fused-ring (bicyclic) bond motifs is 1. The Kier molecular flexibility index (Phi) is 6.95. The first-order chi connectivity index (χ1) is 16.4. The first-order valence-electron chi connectivity index (χ1n) is 11.9. The number of hydrogen-bond donors (Lipinski definition) is 0. The van der Waals surface area contributed by atoms with Crippen LogP contribution in [0.1, 0.15) is 18.4 Å². The second-order valence-electron chi connectivity index (χ2n) is 9.26. The number of nitrogens with zero attached hydrogens (tertiary/aromatic N) is 6. The van der Waals surface area contributed by atoms with Gasteiger partial charge in [0.15, 0.2) is 5.16 Å². The summed E-state index contributed by atoms with van der Waals surface area (Å²) < 4.78 is 46.2. The molecule has 0 radical (unpaired) electrons. The molecule has 0 saturated carbocycles. The predicted molar refractivity (Wildman–Crippen MR) is 127 cm³/mol. The van der Waals surface area contributed by atoms with Gasteiger partial charge in [-0.15, -0.1) is 10.2 Å². The van der Waals surface area contributed by atoms with Crippen molar-refractivity contribution < 1.29 is 17.9 Å². The highest BCUT2D eigenvalue weighted by Crippen LogP contribution is 2.37. The Balaban J connectivity index is 1.09. The van der Waals surface area contributed by atoms with Crippen LogP contribution < -0.4 is 9.80 Å². The van der Waals surface area contributed by atoms with Gasteiger partial charge < -0.3 is 19.4 Å². The zero-order chi connectivity index (χ0) is 23.7. The van der Waals surface area contributed by atoms with Crippen LogP contribution in [0.15, 0.2) is 29.4 Å². The van der Waals surface area contributed by atoms with Crippen LogP contribution in [0.2, 0.25) is 0 Å². The molecule has 0 N–H and O–H groups in total. The summed E-state index contributed by atoms with van der Waals surface area (Å²) >= 11 is 1.74. The topological polar surface area (TPSA) is 49.7 Å². The highest BCUT2D eigenvalue weighted by atomic mass is 32.2. The van der Waals surface area contributed by atoms with E-state index in [1.165, 1.54) is 12.1 Å². The van der Waals surface area contributed by atoms with E-state index in [2.05, 4.69) is 29.5 Å². The number of anilines is 2. The molecule has 3 aliphatic rings. The summed E-state index contributed by atoms with van der Waals surface area (Å²) in [6.45, 7) is 7.12. The van der Waals surface area contributed by atoms with Crippen molar-refractivity contribution in [1.29, 1.82) is 0 Å². The number of thioether (sulfide) groups is 1. The van der Waals surface area contributed by atoms with Gasteiger partial charge in [-0.1, -0.05) is 11.8 Å². The Hall–Kier alpha value is -1.98. The van der Waals surface area contributed by atoms with Gasteiger partial charge in [-0.3, -0.25) is 4.57 Å². The van der Waals surface area contributed by atoms with Gasteiger partial charge in [-0.2, -0.15) is 13.2 Å². The number of halogens is 3. The van der Waals surface area contributed by atoms with E-state index in [0.29, 0.717) is 12.0 Å². The van der Waals surface area contributed by atoms with Crippen molar-refractivity contribution in [3.05, 3.63) is 29.8 Å². The minimum atomic E-state index is -4.29.